The molecule has 6 nitrogen and oxygen atoms in total. The summed E-state index contributed by atoms with van der Waals surface area (Å²) in [5.74, 6) is 0.603. The maximum Gasteiger partial charge on any atom is 0.222 e. The quantitative estimate of drug-likeness (QED) is 0.787. The van der Waals surface area contributed by atoms with Crippen molar-refractivity contribution in [2.24, 2.45) is 5.92 Å². The second-order valence-corrected chi connectivity index (χ2v) is 9.45. The monoisotopic (exact) mass is 353 g/mol. The van der Waals surface area contributed by atoms with Crippen molar-refractivity contribution in [3.63, 3.8) is 0 Å². The lowest BCUT2D eigenvalue weighted by Gasteiger charge is -2.46. The highest BCUT2D eigenvalue weighted by Gasteiger charge is 2.41. The van der Waals surface area contributed by atoms with Gasteiger partial charge in [-0.1, -0.05) is 0 Å². The second-order valence-electron chi connectivity index (χ2n) is 9.45. The fourth-order valence-electron chi connectivity index (χ4n) is 5.30. The molecule has 6 heteroatoms. The molecule has 3 fully saturated rings. The van der Waals surface area contributed by atoms with Crippen LogP contribution in [0.4, 0.5) is 0 Å². The van der Waals surface area contributed by atoms with Crippen molar-refractivity contribution in [1.29, 1.82) is 0 Å². The van der Waals surface area contributed by atoms with E-state index in [0.717, 1.165) is 39.1 Å². The highest BCUT2D eigenvalue weighted by atomic mass is 16.5. The molecule has 3 rings (SSSR count). The first kappa shape index (κ1) is 19.1. The number of carbonyl (C=O) groups excluding carboxylic acids is 1. The first-order valence-corrected chi connectivity index (χ1v) is 9.72. The van der Waals surface area contributed by atoms with Crippen LogP contribution < -0.4 is 5.32 Å². The summed E-state index contributed by atoms with van der Waals surface area (Å²) in [4.78, 5) is 17.0. The molecule has 2 N–H and O–H groups in total. The number of aliphatic hydroxyl groups excluding tert-OH is 1. The smallest absolute Gasteiger partial charge is 0.222 e. The number of likely N-dealkylation sites (tertiary alicyclic amines) is 1. The summed E-state index contributed by atoms with van der Waals surface area (Å²) in [7, 11) is 0. The van der Waals surface area contributed by atoms with E-state index in [0.29, 0.717) is 25.4 Å². The Balaban J connectivity index is 1.56. The maximum atomic E-state index is 12.9. The molecule has 0 aliphatic carbocycles. The van der Waals surface area contributed by atoms with Crippen LogP contribution in [0.1, 0.15) is 47.0 Å². The molecule has 0 aromatic rings. The minimum atomic E-state index is -0.442. The van der Waals surface area contributed by atoms with E-state index in [-0.39, 0.29) is 23.0 Å². The molecule has 3 aliphatic rings. The van der Waals surface area contributed by atoms with Gasteiger partial charge in [-0.05, 0) is 46.5 Å². The number of rotatable bonds is 3. The van der Waals surface area contributed by atoms with Gasteiger partial charge in [0.2, 0.25) is 5.91 Å². The molecule has 2 atom stereocenters. The van der Waals surface area contributed by atoms with Gasteiger partial charge in [0.1, 0.15) is 0 Å². The van der Waals surface area contributed by atoms with Gasteiger partial charge >= 0.3 is 0 Å². The zero-order valence-electron chi connectivity index (χ0n) is 16.3. The number of piperidine rings is 1. The normalized spacial score (nSPS) is 33.6. The van der Waals surface area contributed by atoms with Crippen LogP contribution in [0.5, 0.6) is 0 Å². The number of hydrogen-bond acceptors (Lipinski definition) is 5. The molecule has 0 radical (unpaired) electrons. The Labute approximate surface area is 151 Å². The van der Waals surface area contributed by atoms with Crippen molar-refractivity contribution in [3.05, 3.63) is 0 Å². The lowest BCUT2D eigenvalue weighted by molar-refractivity contribution is -0.132. The van der Waals surface area contributed by atoms with Crippen molar-refractivity contribution < 1.29 is 14.6 Å². The Morgan fingerprint density at radius 2 is 1.72 bits per heavy atom. The molecule has 1 amide bonds. The number of ether oxygens (including phenoxy) is 1. The van der Waals surface area contributed by atoms with Crippen LogP contribution in [0.15, 0.2) is 0 Å². The van der Waals surface area contributed by atoms with Crippen LogP contribution in [0, 0.1) is 5.92 Å². The maximum absolute atomic E-state index is 12.9. The fraction of sp³-hybridized carbons (Fsp3) is 0.947. The minimum Gasteiger partial charge on any atom is -0.390 e. The summed E-state index contributed by atoms with van der Waals surface area (Å²) in [5.41, 5.74) is 0.126. The molecule has 0 aromatic heterocycles. The third-order valence-electron chi connectivity index (χ3n) is 5.86. The van der Waals surface area contributed by atoms with Gasteiger partial charge in [-0.15, -0.1) is 0 Å². The van der Waals surface area contributed by atoms with Crippen molar-refractivity contribution in [2.75, 3.05) is 39.4 Å². The lowest BCUT2D eigenvalue weighted by Crippen LogP contribution is -2.58. The van der Waals surface area contributed by atoms with E-state index in [1.54, 1.807) is 0 Å². The topological polar surface area (TPSA) is 65.0 Å². The van der Waals surface area contributed by atoms with E-state index >= 15 is 0 Å². The van der Waals surface area contributed by atoms with Crippen LogP contribution in [0.3, 0.4) is 0 Å². The van der Waals surface area contributed by atoms with Gasteiger partial charge < -0.3 is 20.1 Å². The Hall–Kier alpha value is -0.690. The van der Waals surface area contributed by atoms with Crippen LogP contribution in [-0.4, -0.2) is 83.4 Å². The summed E-state index contributed by atoms with van der Waals surface area (Å²) in [6.45, 7) is 13.1. The Morgan fingerprint density at radius 3 is 2.32 bits per heavy atom. The summed E-state index contributed by atoms with van der Waals surface area (Å²) in [5, 5.41) is 14.1. The zero-order valence-corrected chi connectivity index (χ0v) is 16.3. The number of nitrogens with zero attached hydrogens (tertiary/aromatic N) is 2. The molecule has 3 heterocycles. The van der Waals surface area contributed by atoms with Crippen LogP contribution in [0.25, 0.3) is 0 Å². The van der Waals surface area contributed by atoms with Crippen molar-refractivity contribution in [3.8, 4) is 0 Å². The molecule has 0 bridgehead atoms. The van der Waals surface area contributed by atoms with E-state index in [1.165, 1.54) is 0 Å². The number of morpholine rings is 1. The number of amides is 1. The molecule has 144 valence electrons. The van der Waals surface area contributed by atoms with Crippen LogP contribution >= 0.6 is 0 Å². The number of carbonyl (C=O) groups is 1. The first-order chi connectivity index (χ1) is 11.7. The van der Waals surface area contributed by atoms with Crippen LogP contribution in [-0.2, 0) is 9.53 Å². The van der Waals surface area contributed by atoms with E-state index < -0.39 is 6.10 Å². The Kier molecular flexibility index (Phi) is 5.45. The Morgan fingerprint density at radius 1 is 1.12 bits per heavy atom. The average Bonchev–Trinajstić information content (AvgIpc) is 2.87. The van der Waals surface area contributed by atoms with Gasteiger partial charge in [0.05, 0.1) is 25.4 Å². The highest BCUT2D eigenvalue weighted by molar-refractivity contribution is 5.77. The fourth-order valence-corrected chi connectivity index (χ4v) is 5.30. The van der Waals surface area contributed by atoms with Gasteiger partial charge in [0.25, 0.3) is 0 Å². The molecule has 3 aliphatic heterocycles. The molecular formula is C19H35N3O3. The third-order valence-corrected chi connectivity index (χ3v) is 5.86. The number of nitrogens with one attached hydrogen (secondary N) is 1. The number of hydrogen-bond donors (Lipinski definition) is 2. The van der Waals surface area contributed by atoms with Crippen molar-refractivity contribution in [1.82, 2.24) is 15.1 Å². The average molecular weight is 354 g/mol. The van der Waals surface area contributed by atoms with Crippen molar-refractivity contribution in [2.45, 2.75) is 70.2 Å². The second kappa shape index (κ2) is 7.14. The van der Waals surface area contributed by atoms with E-state index in [4.69, 9.17) is 4.74 Å². The SMILES string of the molecule is CC1(C)CC(CC(=O)N2C[C@H](O)[C@@H](N3CCOCC3)C2)CC(C)(C)N1. The molecule has 25 heavy (non-hydrogen) atoms. The molecule has 0 saturated carbocycles. The third kappa shape index (κ3) is 4.73. The molecule has 0 aromatic carbocycles. The van der Waals surface area contributed by atoms with Crippen molar-refractivity contribution >= 4 is 5.91 Å². The van der Waals surface area contributed by atoms with Gasteiger partial charge in [0.15, 0.2) is 0 Å². The summed E-state index contributed by atoms with van der Waals surface area (Å²) in [6.07, 6.45) is 2.19. The lowest BCUT2D eigenvalue weighted by atomic mass is 9.74. The minimum absolute atomic E-state index is 0.0631. The summed E-state index contributed by atoms with van der Waals surface area (Å²) < 4.78 is 5.40. The van der Waals surface area contributed by atoms with Gasteiger partial charge in [0, 0.05) is 43.7 Å². The predicted octanol–water partition coefficient (Wildman–Crippen LogP) is 0.837. The van der Waals surface area contributed by atoms with E-state index in [2.05, 4.69) is 37.9 Å². The van der Waals surface area contributed by atoms with E-state index in [9.17, 15) is 9.90 Å². The first-order valence-electron chi connectivity index (χ1n) is 9.72. The number of aliphatic hydroxyl groups is 1. The largest absolute Gasteiger partial charge is 0.390 e. The van der Waals surface area contributed by atoms with Gasteiger partial charge in [-0.25, -0.2) is 0 Å². The standard InChI is InChI=1S/C19H35N3O3/c1-18(2)10-14(11-19(3,4)20-18)9-17(24)22-12-15(16(23)13-22)21-5-7-25-8-6-21/h14-16,20,23H,5-13H2,1-4H3/t15-,16-/m0/s1. The highest BCUT2D eigenvalue weighted by Crippen LogP contribution is 2.35. The molecular weight excluding hydrogens is 318 g/mol. The van der Waals surface area contributed by atoms with Crippen LogP contribution in [0.2, 0.25) is 0 Å². The van der Waals surface area contributed by atoms with E-state index in [1.807, 2.05) is 4.90 Å². The summed E-state index contributed by atoms with van der Waals surface area (Å²) in [6, 6.07) is 0.0637. The predicted molar refractivity (Wildman–Crippen MR) is 97.4 cm³/mol. The zero-order chi connectivity index (χ0) is 18.2. The molecule has 0 spiro atoms. The van der Waals surface area contributed by atoms with Gasteiger partial charge in [-0.2, -0.15) is 0 Å². The Bertz CT molecular complexity index is 472. The number of β-amino-alcohol motifs (C(OH)–C–C–N with tert-alkyl or cyclic N) is 1. The van der Waals surface area contributed by atoms with Gasteiger partial charge in [-0.3, -0.25) is 9.69 Å². The summed E-state index contributed by atoms with van der Waals surface area (Å²) >= 11 is 0. The molecule has 0 unspecified atom stereocenters. The molecule has 3 saturated heterocycles.